The van der Waals surface area contributed by atoms with Crippen LogP contribution in [0.3, 0.4) is 0 Å². The minimum Gasteiger partial charge on any atom is -0.467 e. The molecule has 0 fully saturated rings. The lowest BCUT2D eigenvalue weighted by molar-refractivity contribution is -0.143. The molecule has 5 rings (SSSR count). The Morgan fingerprint density at radius 3 is 2.83 bits per heavy atom. The molecule has 0 aliphatic carbocycles. The summed E-state index contributed by atoms with van der Waals surface area (Å²) in [5.41, 5.74) is 2.15. The van der Waals surface area contributed by atoms with E-state index in [0.29, 0.717) is 34.9 Å². The first-order valence-corrected chi connectivity index (χ1v) is 11.4. The Morgan fingerprint density at radius 2 is 2.00 bits per heavy atom. The molecule has 1 aliphatic heterocycles. The molecule has 0 spiro atoms. The van der Waals surface area contributed by atoms with Gasteiger partial charge in [0.05, 0.1) is 18.4 Å². The topological polar surface area (TPSA) is 121 Å². The van der Waals surface area contributed by atoms with Gasteiger partial charge in [0.15, 0.2) is 17.5 Å². The van der Waals surface area contributed by atoms with Crippen LogP contribution in [0.2, 0.25) is 0 Å². The highest BCUT2D eigenvalue weighted by atomic mass is 16.7. The van der Waals surface area contributed by atoms with E-state index in [1.165, 1.54) is 15.8 Å². The first kappa shape index (κ1) is 23.4. The molecular formula is C25H25N5O6. The quantitative estimate of drug-likeness (QED) is 0.336. The monoisotopic (exact) mass is 491 g/mol. The second kappa shape index (κ2) is 10.5. The van der Waals surface area contributed by atoms with Crippen molar-refractivity contribution in [2.45, 2.75) is 19.1 Å². The third-order valence-electron chi connectivity index (χ3n) is 5.79. The predicted octanol–water partition coefficient (Wildman–Crippen LogP) is 2.29. The first-order valence-electron chi connectivity index (χ1n) is 11.4. The maximum atomic E-state index is 13.8. The molecule has 2 aromatic heterocycles. The van der Waals surface area contributed by atoms with Crippen LogP contribution >= 0.6 is 0 Å². The average molecular weight is 492 g/mol. The summed E-state index contributed by atoms with van der Waals surface area (Å²) in [6, 6.07) is 15.1. The molecule has 11 heteroatoms. The number of hydrogen-bond donors (Lipinski definition) is 1. The van der Waals surface area contributed by atoms with Crippen LogP contribution in [-0.4, -0.2) is 58.8 Å². The summed E-state index contributed by atoms with van der Waals surface area (Å²) in [6.07, 6.45) is 1.47. The van der Waals surface area contributed by atoms with E-state index in [-0.39, 0.29) is 38.2 Å². The standard InChI is InChI=1S/C25H25N5O6/c1-33-12-10-26-25(32)24(21-7-4-11-34-21)29(14-17-8-9-20-22(13-17)36-16-35-20)23(31)15-30-19-6-3-2-5-18(19)27-28-30/h2-9,11,13,24H,10,12,14-16H2,1H3,(H,26,32)/t24-/m1/s1. The number of methoxy groups -OCH3 is 1. The van der Waals surface area contributed by atoms with Gasteiger partial charge in [-0.25, -0.2) is 4.68 Å². The van der Waals surface area contributed by atoms with E-state index in [4.69, 9.17) is 18.6 Å². The highest BCUT2D eigenvalue weighted by Gasteiger charge is 2.34. The maximum absolute atomic E-state index is 13.8. The van der Waals surface area contributed by atoms with Crippen LogP contribution in [0.4, 0.5) is 0 Å². The number of rotatable bonds is 10. The number of nitrogens with zero attached hydrogens (tertiary/aromatic N) is 4. The van der Waals surface area contributed by atoms with E-state index in [0.717, 1.165) is 5.56 Å². The Morgan fingerprint density at radius 1 is 1.14 bits per heavy atom. The average Bonchev–Trinajstić information content (AvgIpc) is 3.65. The largest absolute Gasteiger partial charge is 0.467 e. The van der Waals surface area contributed by atoms with E-state index < -0.39 is 6.04 Å². The van der Waals surface area contributed by atoms with Crippen molar-refractivity contribution < 1.29 is 28.2 Å². The minimum absolute atomic E-state index is 0.116. The highest BCUT2D eigenvalue weighted by molar-refractivity contribution is 5.88. The van der Waals surface area contributed by atoms with E-state index in [1.807, 2.05) is 30.3 Å². The summed E-state index contributed by atoms with van der Waals surface area (Å²) in [5, 5.41) is 11.1. The fourth-order valence-electron chi connectivity index (χ4n) is 4.06. The van der Waals surface area contributed by atoms with Crippen LogP contribution < -0.4 is 14.8 Å². The number of benzene rings is 2. The van der Waals surface area contributed by atoms with Gasteiger partial charge in [-0.15, -0.1) is 5.10 Å². The smallest absolute Gasteiger partial charge is 0.250 e. The number of aromatic nitrogens is 3. The lowest BCUT2D eigenvalue weighted by atomic mass is 10.1. The number of carbonyl (C=O) groups is 2. The number of fused-ring (bicyclic) bond motifs is 2. The Kier molecular flexibility index (Phi) is 6.80. The fraction of sp³-hybridized carbons (Fsp3) is 0.280. The number of amides is 2. The first-order chi connectivity index (χ1) is 17.6. The number of carbonyl (C=O) groups excluding carboxylic acids is 2. The van der Waals surface area contributed by atoms with Crippen LogP contribution in [0.1, 0.15) is 17.4 Å². The molecule has 1 aliphatic rings. The van der Waals surface area contributed by atoms with Gasteiger partial charge in [0.1, 0.15) is 17.8 Å². The molecule has 3 heterocycles. The van der Waals surface area contributed by atoms with Gasteiger partial charge < -0.3 is 28.8 Å². The van der Waals surface area contributed by atoms with Crippen LogP contribution in [0, 0.1) is 0 Å². The minimum atomic E-state index is -1.02. The summed E-state index contributed by atoms with van der Waals surface area (Å²) in [5.74, 6) is 0.820. The van der Waals surface area contributed by atoms with Crippen LogP contribution in [0.25, 0.3) is 11.0 Å². The highest BCUT2D eigenvalue weighted by Crippen LogP contribution is 2.34. The van der Waals surface area contributed by atoms with Crippen molar-refractivity contribution >= 4 is 22.8 Å². The number of nitrogens with one attached hydrogen (secondary N) is 1. The van der Waals surface area contributed by atoms with Gasteiger partial charge in [0.2, 0.25) is 12.7 Å². The van der Waals surface area contributed by atoms with Gasteiger partial charge in [0.25, 0.3) is 5.91 Å². The zero-order valence-electron chi connectivity index (χ0n) is 19.6. The van der Waals surface area contributed by atoms with Crippen molar-refractivity contribution in [2.75, 3.05) is 27.1 Å². The van der Waals surface area contributed by atoms with Crippen LogP contribution in [-0.2, 0) is 27.4 Å². The Bertz CT molecular complexity index is 1350. The van der Waals surface area contributed by atoms with Gasteiger partial charge >= 0.3 is 0 Å². The van der Waals surface area contributed by atoms with Crippen LogP contribution in [0.15, 0.2) is 65.3 Å². The SMILES string of the molecule is COCCNC(=O)[C@@H](c1ccco1)N(Cc1ccc2c(c1)OCO2)C(=O)Cn1nnc2ccccc21. The third kappa shape index (κ3) is 4.86. The molecule has 0 saturated carbocycles. The summed E-state index contributed by atoms with van der Waals surface area (Å²) >= 11 is 0. The van der Waals surface area contributed by atoms with Gasteiger partial charge in [-0.05, 0) is 42.0 Å². The number of para-hydroxylation sites is 1. The molecule has 11 nitrogen and oxygen atoms in total. The molecule has 2 amide bonds. The molecule has 0 bridgehead atoms. The number of hydrogen-bond acceptors (Lipinski definition) is 8. The summed E-state index contributed by atoms with van der Waals surface area (Å²) < 4.78 is 23.1. The van der Waals surface area contributed by atoms with E-state index in [2.05, 4.69) is 15.6 Å². The van der Waals surface area contributed by atoms with Crippen molar-refractivity contribution in [3.8, 4) is 11.5 Å². The molecule has 4 aromatic rings. The Labute approximate surface area is 206 Å². The number of furan rings is 1. The van der Waals surface area contributed by atoms with E-state index in [1.54, 1.807) is 31.4 Å². The molecule has 36 heavy (non-hydrogen) atoms. The second-order valence-electron chi connectivity index (χ2n) is 8.15. The van der Waals surface area contributed by atoms with Crippen molar-refractivity contribution in [3.63, 3.8) is 0 Å². The van der Waals surface area contributed by atoms with Crippen LogP contribution in [0.5, 0.6) is 11.5 Å². The molecule has 186 valence electrons. The Hall–Kier alpha value is -4.38. The van der Waals surface area contributed by atoms with Gasteiger partial charge in [0, 0.05) is 20.2 Å². The molecule has 1 N–H and O–H groups in total. The zero-order chi connectivity index (χ0) is 24.9. The van der Waals surface area contributed by atoms with Gasteiger partial charge in [-0.1, -0.05) is 23.4 Å². The molecular weight excluding hydrogens is 466 g/mol. The molecule has 2 aromatic carbocycles. The van der Waals surface area contributed by atoms with Crippen molar-refractivity contribution in [3.05, 3.63) is 72.2 Å². The summed E-state index contributed by atoms with van der Waals surface area (Å²) in [6.45, 7) is 0.750. The second-order valence-corrected chi connectivity index (χ2v) is 8.15. The Balaban J connectivity index is 1.49. The molecule has 0 saturated heterocycles. The fourth-order valence-corrected chi connectivity index (χ4v) is 4.06. The van der Waals surface area contributed by atoms with Gasteiger partial charge in [-0.3, -0.25) is 9.59 Å². The molecule has 1 atom stereocenters. The maximum Gasteiger partial charge on any atom is 0.250 e. The van der Waals surface area contributed by atoms with Gasteiger partial charge in [-0.2, -0.15) is 0 Å². The van der Waals surface area contributed by atoms with E-state index in [9.17, 15) is 9.59 Å². The summed E-state index contributed by atoms with van der Waals surface area (Å²) in [7, 11) is 1.55. The lowest BCUT2D eigenvalue weighted by Gasteiger charge is -2.30. The summed E-state index contributed by atoms with van der Waals surface area (Å²) in [4.78, 5) is 28.6. The van der Waals surface area contributed by atoms with Crippen molar-refractivity contribution in [2.24, 2.45) is 0 Å². The van der Waals surface area contributed by atoms with Crippen molar-refractivity contribution in [1.82, 2.24) is 25.2 Å². The number of ether oxygens (including phenoxy) is 3. The third-order valence-corrected chi connectivity index (χ3v) is 5.79. The van der Waals surface area contributed by atoms with Crippen molar-refractivity contribution in [1.29, 1.82) is 0 Å². The predicted molar refractivity (Wildman–Crippen MR) is 127 cm³/mol. The molecule has 0 unspecified atom stereocenters. The normalized spacial score (nSPS) is 13.0. The zero-order valence-corrected chi connectivity index (χ0v) is 19.6. The molecule has 0 radical (unpaired) electrons. The lowest BCUT2D eigenvalue weighted by Crippen LogP contribution is -2.45. The van der Waals surface area contributed by atoms with E-state index >= 15 is 0 Å².